The fourth-order valence-electron chi connectivity index (χ4n) is 1.69. The summed E-state index contributed by atoms with van der Waals surface area (Å²) in [6.45, 7) is 5.38. The van der Waals surface area contributed by atoms with Crippen molar-refractivity contribution in [2.45, 2.75) is 39.7 Å². The fraction of sp³-hybridized carbons (Fsp3) is 0.636. The third-order valence-electron chi connectivity index (χ3n) is 2.51. The zero-order valence-corrected chi connectivity index (χ0v) is 8.83. The molecule has 0 bridgehead atoms. The Kier molecular flexibility index (Phi) is 2.66. The van der Waals surface area contributed by atoms with Gasteiger partial charge >= 0.3 is 0 Å². The van der Waals surface area contributed by atoms with Gasteiger partial charge in [0.15, 0.2) is 0 Å². The van der Waals surface area contributed by atoms with Gasteiger partial charge in [-0.25, -0.2) is 0 Å². The van der Waals surface area contributed by atoms with Crippen LogP contribution in [-0.4, -0.2) is 22.8 Å². The summed E-state index contributed by atoms with van der Waals surface area (Å²) < 4.78 is 0. The van der Waals surface area contributed by atoms with Gasteiger partial charge in [-0.15, -0.1) is 12.3 Å². The van der Waals surface area contributed by atoms with E-state index in [4.69, 9.17) is 6.42 Å². The van der Waals surface area contributed by atoms with Gasteiger partial charge in [0.2, 0.25) is 11.8 Å². The first-order valence-corrected chi connectivity index (χ1v) is 4.70. The third kappa shape index (κ3) is 1.65. The largest absolute Gasteiger partial charge is 0.278 e. The number of hydrogen-bond acceptors (Lipinski definition) is 2. The standard InChI is InChI=1S/C11H15NO2/c1-5-6-8(2)12-9(13)7-11(3,4)10(12)14/h1,8H,6-7H2,2-4H3. The van der Waals surface area contributed by atoms with Crippen LogP contribution in [0.3, 0.4) is 0 Å². The summed E-state index contributed by atoms with van der Waals surface area (Å²) in [4.78, 5) is 24.6. The minimum absolute atomic E-state index is 0.106. The maximum Gasteiger partial charge on any atom is 0.235 e. The highest BCUT2D eigenvalue weighted by atomic mass is 16.2. The number of amides is 2. The van der Waals surface area contributed by atoms with Crippen molar-refractivity contribution in [1.29, 1.82) is 0 Å². The smallest absolute Gasteiger partial charge is 0.235 e. The Labute approximate surface area is 84.5 Å². The van der Waals surface area contributed by atoms with Crippen LogP contribution in [0.4, 0.5) is 0 Å². The van der Waals surface area contributed by atoms with Gasteiger partial charge in [-0.05, 0) is 6.92 Å². The van der Waals surface area contributed by atoms with Gasteiger partial charge in [0.1, 0.15) is 0 Å². The predicted molar refractivity (Wildman–Crippen MR) is 53.2 cm³/mol. The first kappa shape index (κ1) is 10.8. The second-order valence-electron chi connectivity index (χ2n) is 4.39. The van der Waals surface area contributed by atoms with E-state index in [9.17, 15) is 9.59 Å². The summed E-state index contributed by atoms with van der Waals surface area (Å²) in [5.41, 5.74) is -0.556. The second-order valence-corrected chi connectivity index (χ2v) is 4.39. The number of rotatable bonds is 2. The number of likely N-dealkylation sites (tertiary alicyclic amines) is 1. The molecule has 14 heavy (non-hydrogen) atoms. The molecular weight excluding hydrogens is 178 g/mol. The van der Waals surface area contributed by atoms with Crippen LogP contribution in [0.5, 0.6) is 0 Å². The Morgan fingerprint density at radius 2 is 2.14 bits per heavy atom. The van der Waals surface area contributed by atoms with Gasteiger partial charge in [-0.1, -0.05) is 13.8 Å². The summed E-state index contributed by atoms with van der Waals surface area (Å²) in [6, 6.07) is -0.179. The molecule has 1 rings (SSSR count). The Morgan fingerprint density at radius 3 is 2.50 bits per heavy atom. The Bertz CT molecular complexity index is 312. The minimum Gasteiger partial charge on any atom is -0.278 e. The first-order chi connectivity index (χ1) is 6.40. The van der Waals surface area contributed by atoms with Crippen molar-refractivity contribution < 1.29 is 9.59 Å². The molecule has 0 radical (unpaired) electrons. The number of carbonyl (C=O) groups excluding carboxylic acids is 2. The van der Waals surface area contributed by atoms with Gasteiger partial charge in [-0.2, -0.15) is 0 Å². The lowest BCUT2D eigenvalue weighted by molar-refractivity contribution is -0.142. The number of carbonyl (C=O) groups is 2. The first-order valence-electron chi connectivity index (χ1n) is 4.70. The Balaban J connectivity index is 2.87. The molecule has 0 aliphatic carbocycles. The number of hydrogen-bond donors (Lipinski definition) is 0. The topological polar surface area (TPSA) is 37.4 Å². The van der Waals surface area contributed by atoms with E-state index in [2.05, 4.69) is 5.92 Å². The molecule has 0 spiro atoms. The third-order valence-corrected chi connectivity index (χ3v) is 2.51. The van der Waals surface area contributed by atoms with E-state index in [0.29, 0.717) is 12.8 Å². The molecule has 0 aromatic heterocycles. The highest BCUT2D eigenvalue weighted by Gasteiger charge is 2.46. The van der Waals surface area contributed by atoms with E-state index < -0.39 is 5.41 Å². The second kappa shape index (κ2) is 3.45. The molecule has 0 saturated carbocycles. The van der Waals surface area contributed by atoms with Crippen molar-refractivity contribution in [3.8, 4) is 12.3 Å². The molecule has 3 nitrogen and oxygen atoms in total. The normalized spacial score (nSPS) is 22.3. The maximum atomic E-state index is 11.8. The summed E-state index contributed by atoms with van der Waals surface area (Å²) in [6.07, 6.45) is 5.87. The summed E-state index contributed by atoms with van der Waals surface area (Å²) in [5, 5.41) is 0. The Hall–Kier alpha value is -1.30. The highest BCUT2D eigenvalue weighted by Crippen LogP contribution is 2.33. The van der Waals surface area contributed by atoms with Gasteiger partial charge in [0, 0.05) is 18.9 Å². The Morgan fingerprint density at radius 1 is 1.57 bits per heavy atom. The lowest BCUT2D eigenvalue weighted by Gasteiger charge is -2.22. The van der Waals surface area contributed by atoms with Crippen molar-refractivity contribution in [3.63, 3.8) is 0 Å². The van der Waals surface area contributed by atoms with E-state index in [-0.39, 0.29) is 17.9 Å². The summed E-state index contributed by atoms with van der Waals surface area (Å²) in [7, 11) is 0. The fourth-order valence-corrected chi connectivity index (χ4v) is 1.69. The van der Waals surface area contributed by atoms with E-state index in [1.165, 1.54) is 4.90 Å². The molecule has 76 valence electrons. The van der Waals surface area contributed by atoms with Crippen LogP contribution in [0, 0.1) is 17.8 Å². The van der Waals surface area contributed by atoms with Crippen molar-refractivity contribution >= 4 is 11.8 Å². The van der Waals surface area contributed by atoms with Crippen LogP contribution in [-0.2, 0) is 9.59 Å². The van der Waals surface area contributed by atoms with Crippen molar-refractivity contribution in [3.05, 3.63) is 0 Å². The molecule has 3 heteroatoms. The van der Waals surface area contributed by atoms with E-state index in [1.54, 1.807) is 20.8 Å². The van der Waals surface area contributed by atoms with E-state index in [1.807, 2.05) is 0 Å². The summed E-state index contributed by atoms with van der Waals surface area (Å²) in [5.74, 6) is 2.25. The molecule has 1 atom stereocenters. The van der Waals surface area contributed by atoms with Crippen LogP contribution in [0.2, 0.25) is 0 Å². The molecular formula is C11H15NO2. The van der Waals surface area contributed by atoms with Crippen LogP contribution in [0.1, 0.15) is 33.6 Å². The molecule has 1 fully saturated rings. The lowest BCUT2D eigenvalue weighted by Crippen LogP contribution is -2.39. The zero-order valence-electron chi connectivity index (χ0n) is 8.83. The lowest BCUT2D eigenvalue weighted by atomic mass is 9.92. The highest BCUT2D eigenvalue weighted by molar-refractivity contribution is 6.05. The SMILES string of the molecule is C#CCC(C)N1C(=O)CC(C)(C)C1=O. The number of nitrogens with zero attached hydrogens (tertiary/aromatic N) is 1. The van der Waals surface area contributed by atoms with E-state index >= 15 is 0 Å². The van der Waals surface area contributed by atoms with E-state index in [0.717, 1.165) is 0 Å². The average molecular weight is 193 g/mol. The van der Waals surface area contributed by atoms with Gasteiger partial charge in [0.05, 0.1) is 5.41 Å². The van der Waals surface area contributed by atoms with Crippen LogP contribution >= 0.6 is 0 Å². The molecule has 1 aliphatic heterocycles. The number of terminal acetylenes is 1. The van der Waals surface area contributed by atoms with Crippen molar-refractivity contribution in [1.82, 2.24) is 4.90 Å². The average Bonchev–Trinajstić information content (AvgIpc) is 2.22. The quantitative estimate of drug-likeness (QED) is 0.488. The maximum absolute atomic E-state index is 11.8. The predicted octanol–water partition coefficient (Wildman–Crippen LogP) is 1.18. The monoisotopic (exact) mass is 193 g/mol. The van der Waals surface area contributed by atoms with Gasteiger partial charge in [-0.3, -0.25) is 14.5 Å². The minimum atomic E-state index is -0.556. The molecule has 0 aromatic carbocycles. The molecule has 2 amide bonds. The molecule has 1 saturated heterocycles. The molecule has 0 N–H and O–H groups in total. The summed E-state index contributed by atoms with van der Waals surface area (Å²) >= 11 is 0. The molecule has 1 heterocycles. The number of imide groups is 1. The van der Waals surface area contributed by atoms with Crippen molar-refractivity contribution in [2.24, 2.45) is 5.41 Å². The van der Waals surface area contributed by atoms with Crippen LogP contribution in [0.15, 0.2) is 0 Å². The van der Waals surface area contributed by atoms with Gasteiger partial charge in [0.25, 0.3) is 0 Å². The molecule has 1 unspecified atom stereocenters. The molecule has 0 aromatic rings. The van der Waals surface area contributed by atoms with Crippen LogP contribution in [0.25, 0.3) is 0 Å². The zero-order chi connectivity index (χ0) is 10.9. The van der Waals surface area contributed by atoms with Crippen molar-refractivity contribution in [2.75, 3.05) is 0 Å². The van der Waals surface area contributed by atoms with Gasteiger partial charge < -0.3 is 0 Å². The van der Waals surface area contributed by atoms with Crippen LogP contribution < -0.4 is 0 Å². The molecule has 1 aliphatic rings.